The first-order chi connectivity index (χ1) is 13.8. The molecular formula is C22H37N3O4. The Hall–Kier alpha value is -1.99. The Morgan fingerprint density at radius 2 is 1.86 bits per heavy atom. The average molecular weight is 408 g/mol. The number of carbonyl (C=O) groups is 1. The fraction of sp³-hybridized carbons (Fsp3) is 0.682. The van der Waals surface area contributed by atoms with Crippen molar-refractivity contribution in [1.82, 2.24) is 15.1 Å². The standard InChI is InChI=1S/C22H37N3O4/c1-17(18-8-9-19(20(16-18)28-6)29-15-14-27-5)23-21(26)24-10-7-11-25(13-12-24)22(2,3)4/h8-9,16-17H,7,10-15H2,1-6H3,(H,23,26)/t17-/m0/s1. The Bertz CT molecular complexity index is 660. The monoisotopic (exact) mass is 407 g/mol. The number of nitrogens with one attached hydrogen (secondary N) is 1. The SMILES string of the molecule is COCCOc1ccc([C@H](C)NC(=O)N2CCCN(C(C)(C)C)CC2)cc1OC. The van der Waals surface area contributed by atoms with E-state index in [1.807, 2.05) is 30.0 Å². The summed E-state index contributed by atoms with van der Waals surface area (Å²) in [6, 6.07) is 5.59. The molecule has 1 aromatic rings. The summed E-state index contributed by atoms with van der Waals surface area (Å²) in [5.41, 5.74) is 1.10. The van der Waals surface area contributed by atoms with Crippen LogP contribution in [0.5, 0.6) is 11.5 Å². The molecule has 1 fully saturated rings. The average Bonchev–Trinajstić information content (AvgIpc) is 2.94. The molecule has 0 spiro atoms. The van der Waals surface area contributed by atoms with Crippen molar-refractivity contribution in [3.8, 4) is 11.5 Å². The van der Waals surface area contributed by atoms with E-state index >= 15 is 0 Å². The van der Waals surface area contributed by atoms with Gasteiger partial charge in [0.2, 0.25) is 0 Å². The van der Waals surface area contributed by atoms with E-state index in [0.717, 1.165) is 38.2 Å². The normalized spacial score (nSPS) is 16.8. The summed E-state index contributed by atoms with van der Waals surface area (Å²) in [5, 5.41) is 3.12. The molecule has 2 rings (SSSR count). The van der Waals surface area contributed by atoms with Gasteiger partial charge in [0.25, 0.3) is 0 Å². The number of ether oxygens (including phenoxy) is 3. The number of nitrogens with zero attached hydrogens (tertiary/aromatic N) is 2. The summed E-state index contributed by atoms with van der Waals surface area (Å²) < 4.78 is 16.1. The first-order valence-electron chi connectivity index (χ1n) is 10.4. The highest BCUT2D eigenvalue weighted by Gasteiger charge is 2.26. The highest BCUT2D eigenvalue weighted by molar-refractivity contribution is 5.74. The van der Waals surface area contributed by atoms with Gasteiger partial charge in [-0.3, -0.25) is 4.90 Å². The highest BCUT2D eigenvalue weighted by Crippen LogP contribution is 2.30. The summed E-state index contributed by atoms with van der Waals surface area (Å²) in [6.07, 6.45) is 0.987. The molecule has 0 saturated carbocycles. The van der Waals surface area contributed by atoms with Crippen molar-refractivity contribution in [3.05, 3.63) is 23.8 Å². The second-order valence-electron chi connectivity index (χ2n) is 8.42. The van der Waals surface area contributed by atoms with Crippen LogP contribution in [0, 0.1) is 0 Å². The third kappa shape index (κ3) is 6.78. The molecule has 0 unspecified atom stereocenters. The van der Waals surface area contributed by atoms with Crippen LogP contribution < -0.4 is 14.8 Å². The molecule has 7 heteroatoms. The Balaban J connectivity index is 1.96. The highest BCUT2D eigenvalue weighted by atomic mass is 16.5. The molecule has 1 aromatic carbocycles. The molecular weight excluding hydrogens is 370 g/mol. The molecule has 1 aliphatic rings. The van der Waals surface area contributed by atoms with Crippen LogP contribution in [0.4, 0.5) is 4.79 Å². The minimum Gasteiger partial charge on any atom is -0.493 e. The Labute approximate surface area is 175 Å². The van der Waals surface area contributed by atoms with Gasteiger partial charge in [0.05, 0.1) is 19.8 Å². The van der Waals surface area contributed by atoms with Gasteiger partial charge in [0.15, 0.2) is 11.5 Å². The summed E-state index contributed by atoms with van der Waals surface area (Å²) >= 11 is 0. The van der Waals surface area contributed by atoms with Crippen molar-refractivity contribution in [3.63, 3.8) is 0 Å². The quantitative estimate of drug-likeness (QED) is 0.703. The van der Waals surface area contributed by atoms with Crippen LogP contribution in [0.15, 0.2) is 18.2 Å². The van der Waals surface area contributed by atoms with E-state index in [-0.39, 0.29) is 17.6 Å². The van der Waals surface area contributed by atoms with Crippen molar-refractivity contribution in [1.29, 1.82) is 0 Å². The van der Waals surface area contributed by atoms with E-state index in [9.17, 15) is 4.79 Å². The molecule has 1 aliphatic heterocycles. The number of rotatable bonds is 7. The number of methoxy groups -OCH3 is 2. The fourth-order valence-corrected chi connectivity index (χ4v) is 3.46. The van der Waals surface area contributed by atoms with Gasteiger partial charge in [-0.05, 0) is 51.8 Å². The maximum absolute atomic E-state index is 12.8. The lowest BCUT2D eigenvalue weighted by molar-refractivity contribution is 0.141. The van der Waals surface area contributed by atoms with Crippen molar-refractivity contribution >= 4 is 6.03 Å². The van der Waals surface area contributed by atoms with Crippen molar-refractivity contribution in [2.75, 3.05) is 53.6 Å². The van der Waals surface area contributed by atoms with Crippen LogP contribution in [0.3, 0.4) is 0 Å². The van der Waals surface area contributed by atoms with E-state index in [1.54, 1.807) is 14.2 Å². The molecule has 0 aliphatic carbocycles. The van der Waals surface area contributed by atoms with Crippen LogP contribution in [-0.4, -0.2) is 75.0 Å². The first-order valence-corrected chi connectivity index (χ1v) is 10.4. The molecule has 1 heterocycles. The van der Waals surface area contributed by atoms with Gasteiger partial charge in [-0.1, -0.05) is 6.07 Å². The molecule has 1 saturated heterocycles. The Morgan fingerprint density at radius 3 is 2.52 bits per heavy atom. The van der Waals surface area contributed by atoms with Crippen molar-refractivity contribution < 1.29 is 19.0 Å². The lowest BCUT2D eigenvalue weighted by Gasteiger charge is -2.34. The molecule has 7 nitrogen and oxygen atoms in total. The first kappa shape index (κ1) is 23.3. The number of benzene rings is 1. The third-order valence-corrected chi connectivity index (χ3v) is 5.30. The van der Waals surface area contributed by atoms with Gasteiger partial charge < -0.3 is 24.4 Å². The molecule has 1 N–H and O–H groups in total. The van der Waals surface area contributed by atoms with Crippen molar-refractivity contribution in [2.45, 2.75) is 45.7 Å². The van der Waals surface area contributed by atoms with Crippen molar-refractivity contribution in [2.24, 2.45) is 0 Å². The van der Waals surface area contributed by atoms with Gasteiger partial charge in [-0.2, -0.15) is 0 Å². The molecule has 0 aromatic heterocycles. The molecule has 1 atom stereocenters. The van der Waals surface area contributed by atoms with Gasteiger partial charge in [0, 0.05) is 38.8 Å². The number of urea groups is 1. The van der Waals surface area contributed by atoms with Gasteiger partial charge >= 0.3 is 6.03 Å². The second kappa shape index (κ2) is 10.7. The van der Waals surface area contributed by atoms with E-state index in [0.29, 0.717) is 24.7 Å². The molecule has 164 valence electrons. The van der Waals surface area contributed by atoms with Crippen LogP contribution in [0.2, 0.25) is 0 Å². The summed E-state index contributed by atoms with van der Waals surface area (Å²) in [4.78, 5) is 17.2. The summed E-state index contributed by atoms with van der Waals surface area (Å²) in [5.74, 6) is 1.32. The Kier molecular flexibility index (Phi) is 8.59. The summed E-state index contributed by atoms with van der Waals surface area (Å²) in [6.45, 7) is 13.1. The van der Waals surface area contributed by atoms with E-state index in [2.05, 4.69) is 31.0 Å². The molecule has 0 bridgehead atoms. The minimum absolute atomic E-state index is 0.0207. The predicted octanol–water partition coefficient (Wildman–Crippen LogP) is 3.30. The smallest absolute Gasteiger partial charge is 0.317 e. The zero-order valence-corrected chi connectivity index (χ0v) is 18.8. The lowest BCUT2D eigenvalue weighted by Crippen LogP contribution is -2.45. The fourth-order valence-electron chi connectivity index (χ4n) is 3.46. The number of hydrogen-bond acceptors (Lipinski definition) is 5. The lowest BCUT2D eigenvalue weighted by atomic mass is 10.1. The zero-order valence-electron chi connectivity index (χ0n) is 18.8. The van der Waals surface area contributed by atoms with Gasteiger partial charge in [0.1, 0.15) is 6.61 Å². The van der Waals surface area contributed by atoms with E-state index < -0.39 is 0 Å². The zero-order chi connectivity index (χ0) is 21.4. The minimum atomic E-state index is -0.133. The largest absolute Gasteiger partial charge is 0.493 e. The number of amides is 2. The predicted molar refractivity (Wildman–Crippen MR) is 115 cm³/mol. The van der Waals surface area contributed by atoms with Crippen LogP contribution in [-0.2, 0) is 4.74 Å². The maximum atomic E-state index is 12.8. The second-order valence-corrected chi connectivity index (χ2v) is 8.42. The van der Waals surface area contributed by atoms with Gasteiger partial charge in [-0.15, -0.1) is 0 Å². The Morgan fingerprint density at radius 1 is 1.10 bits per heavy atom. The topological polar surface area (TPSA) is 63.3 Å². The molecule has 0 radical (unpaired) electrons. The van der Waals surface area contributed by atoms with Crippen LogP contribution in [0.25, 0.3) is 0 Å². The third-order valence-electron chi connectivity index (χ3n) is 5.30. The van der Waals surface area contributed by atoms with Gasteiger partial charge in [-0.25, -0.2) is 4.79 Å². The maximum Gasteiger partial charge on any atom is 0.317 e. The van der Waals surface area contributed by atoms with Crippen LogP contribution in [0.1, 0.15) is 45.7 Å². The summed E-state index contributed by atoms with van der Waals surface area (Å²) in [7, 11) is 3.25. The molecule has 29 heavy (non-hydrogen) atoms. The number of carbonyl (C=O) groups excluding carboxylic acids is 1. The van der Waals surface area contributed by atoms with E-state index in [4.69, 9.17) is 14.2 Å². The number of hydrogen-bond donors (Lipinski definition) is 1. The van der Waals surface area contributed by atoms with E-state index in [1.165, 1.54) is 0 Å². The van der Waals surface area contributed by atoms with Crippen LogP contribution >= 0.6 is 0 Å². The molecule has 2 amide bonds.